The molecular formula is C20H22N6O4. The van der Waals surface area contributed by atoms with Crippen molar-refractivity contribution in [3.63, 3.8) is 0 Å². The number of nitrogens with zero attached hydrogens (tertiary/aromatic N) is 6. The Kier molecular flexibility index (Phi) is 5.63. The number of ether oxygens (including phenoxy) is 3. The number of carbonyl (C=O) groups excluding carboxylic acids is 1. The van der Waals surface area contributed by atoms with Gasteiger partial charge in [0.25, 0.3) is 0 Å². The molecule has 2 aliphatic heterocycles. The lowest BCUT2D eigenvalue weighted by Gasteiger charge is -2.40. The van der Waals surface area contributed by atoms with Gasteiger partial charge in [0.2, 0.25) is 5.95 Å². The molecule has 0 aromatic carbocycles. The molecule has 0 atom stereocenters. The molecule has 30 heavy (non-hydrogen) atoms. The monoisotopic (exact) mass is 410 g/mol. The van der Waals surface area contributed by atoms with Gasteiger partial charge in [-0.15, -0.1) is 0 Å². The molecular weight excluding hydrogens is 388 g/mol. The van der Waals surface area contributed by atoms with E-state index in [1.54, 1.807) is 29.6 Å². The summed E-state index contributed by atoms with van der Waals surface area (Å²) in [5.41, 5.74) is 0.726. The number of piperazine rings is 1. The minimum absolute atomic E-state index is 0.235. The predicted octanol–water partition coefficient (Wildman–Crippen LogP) is 1.37. The van der Waals surface area contributed by atoms with Crippen LogP contribution in [-0.2, 0) is 16.1 Å². The third kappa shape index (κ3) is 4.41. The lowest BCUT2D eigenvalue weighted by molar-refractivity contribution is -0.172. The fourth-order valence-corrected chi connectivity index (χ4v) is 3.17. The van der Waals surface area contributed by atoms with E-state index in [0.717, 1.165) is 5.56 Å². The molecule has 4 heterocycles. The zero-order chi connectivity index (χ0) is 21.0. The Hall–Kier alpha value is -3.45. The van der Waals surface area contributed by atoms with Crippen molar-refractivity contribution in [2.75, 3.05) is 44.3 Å². The first-order chi connectivity index (χ1) is 14.6. The second-order valence-electron chi connectivity index (χ2n) is 7.44. The van der Waals surface area contributed by atoms with Crippen LogP contribution in [0.1, 0.15) is 18.1 Å². The van der Waals surface area contributed by atoms with Crippen molar-refractivity contribution in [3.05, 3.63) is 42.0 Å². The molecule has 1 amide bonds. The highest BCUT2D eigenvalue weighted by Gasteiger charge is 2.39. The van der Waals surface area contributed by atoms with Gasteiger partial charge >= 0.3 is 6.09 Å². The molecule has 0 spiro atoms. The lowest BCUT2D eigenvalue weighted by Crippen LogP contribution is -2.55. The largest absolute Gasteiger partial charge is 0.486 e. The number of hydrogen-bond donors (Lipinski definition) is 0. The van der Waals surface area contributed by atoms with Crippen LogP contribution in [0.5, 0.6) is 5.75 Å². The third-order valence-corrected chi connectivity index (χ3v) is 5.01. The van der Waals surface area contributed by atoms with Crippen LogP contribution < -0.4 is 9.64 Å². The zero-order valence-corrected chi connectivity index (χ0v) is 16.7. The number of carbonyl (C=O) groups is 1. The summed E-state index contributed by atoms with van der Waals surface area (Å²) in [6, 6.07) is 3.84. The Bertz CT molecular complexity index is 933. The normalized spacial score (nSPS) is 17.6. The molecule has 0 saturated carbocycles. The molecule has 0 radical (unpaired) electrons. The van der Waals surface area contributed by atoms with Gasteiger partial charge in [0.1, 0.15) is 12.7 Å². The van der Waals surface area contributed by atoms with Crippen LogP contribution in [0.15, 0.2) is 30.9 Å². The number of aromatic nitrogens is 3. The molecule has 2 aromatic heterocycles. The van der Waals surface area contributed by atoms with Crippen LogP contribution in [0, 0.1) is 11.3 Å². The van der Waals surface area contributed by atoms with Gasteiger partial charge in [-0.2, -0.15) is 5.26 Å². The van der Waals surface area contributed by atoms with Gasteiger partial charge in [-0.1, -0.05) is 0 Å². The fraction of sp³-hybridized carbons (Fsp3) is 0.450. The topological polar surface area (TPSA) is 114 Å². The van der Waals surface area contributed by atoms with Crippen molar-refractivity contribution < 1.29 is 19.0 Å². The van der Waals surface area contributed by atoms with Gasteiger partial charge in [-0.25, -0.2) is 14.8 Å². The van der Waals surface area contributed by atoms with Crippen molar-refractivity contribution in [2.24, 2.45) is 0 Å². The van der Waals surface area contributed by atoms with Crippen molar-refractivity contribution >= 4 is 12.0 Å². The van der Waals surface area contributed by atoms with Gasteiger partial charge in [-0.05, 0) is 13.0 Å². The van der Waals surface area contributed by atoms with E-state index in [4.69, 9.17) is 19.5 Å². The summed E-state index contributed by atoms with van der Waals surface area (Å²) in [5, 5.41) is 9.11. The van der Waals surface area contributed by atoms with E-state index >= 15 is 0 Å². The number of amides is 1. The molecule has 10 heteroatoms. The maximum atomic E-state index is 12.3. The highest BCUT2D eigenvalue weighted by Crippen LogP contribution is 2.23. The van der Waals surface area contributed by atoms with E-state index in [2.05, 4.69) is 21.0 Å². The van der Waals surface area contributed by atoms with Crippen molar-refractivity contribution in [1.29, 1.82) is 5.26 Å². The molecule has 2 aliphatic rings. The van der Waals surface area contributed by atoms with E-state index in [1.807, 2.05) is 11.8 Å². The van der Waals surface area contributed by atoms with E-state index in [9.17, 15) is 4.79 Å². The summed E-state index contributed by atoms with van der Waals surface area (Å²) in [6.45, 7) is 5.31. The Labute approximate surface area is 174 Å². The minimum atomic E-state index is -0.503. The SMILES string of the molecule is CC1(OC(=O)N2CCN(c3ncc(OCc4ccncc4C#N)cn3)CC2)COC1. The molecule has 0 unspecified atom stereocenters. The van der Waals surface area contributed by atoms with E-state index < -0.39 is 5.60 Å². The van der Waals surface area contributed by atoms with Crippen LogP contribution in [0.3, 0.4) is 0 Å². The van der Waals surface area contributed by atoms with Crippen LogP contribution in [0.2, 0.25) is 0 Å². The predicted molar refractivity (Wildman–Crippen MR) is 105 cm³/mol. The first-order valence-electron chi connectivity index (χ1n) is 9.65. The molecule has 0 aliphatic carbocycles. The average Bonchev–Trinajstić information content (AvgIpc) is 2.77. The third-order valence-electron chi connectivity index (χ3n) is 5.01. The van der Waals surface area contributed by atoms with Crippen molar-refractivity contribution in [3.8, 4) is 11.8 Å². The molecule has 0 N–H and O–H groups in total. The molecule has 2 saturated heterocycles. The number of rotatable bonds is 5. The van der Waals surface area contributed by atoms with Crippen molar-refractivity contribution in [2.45, 2.75) is 19.1 Å². The summed E-state index contributed by atoms with van der Waals surface area (Å²) in [6.07, 6.45) is 6.03. The van der Waals surface area contributed by atoms with Gasteiger partial charge in [0.05, 0.1) is 31.2 Å². The Morgan fingerprint density at radius 1 is 1.23 bits per heavy atom. The van der Waals surface area contributed by atoms with Crippen LogP contribution >= 0.6 is 0 Å². The highest BCUT2D eigenvalue weighted by molar-refractivity contribution is 5.68. The number of pyridine rings is 1. The molecule has 4 rings (SSSR count). The molecule has 2 aromatic rings. The van der Waals surface area contributed by atoms with Crippen LogP contribution in [0.25, 0.3) is 0 Å². The summed E-state index contributed by atoms with van der Waals surface area (Å²) >= 11 is 0. The van der Waals surface area contributed by atoms with Gasteiger partial charge in [0, 0.05) is 44.1 Å². The van der Waals surface area contributed by atoms with Gasteiger partial charge in [0.15, 0.2) is 11.4 Å². The summed E-state index contributed by atoms with van der Waals surface area (Å²) in [4.78, 5) is 28.7. The second kappa shape index (κ2) is 8.51. The molecule has 2 fully saturated rings. The summed E-state index contributed by atoms with van der Waals surface area (Å²) < 4.78 is 16.3. The number of hydrogen-bond acceptors (Lipinski definition) is 9. The van der Waals surface area contributed by atoms with E-state index in [1.165, 1.54) is 6.20 Å². The Morgan fingerprint density at radius 3 is 2.60 bits per heavy atom. The van der Waals surface area contributed by atoms with Crippen molar-refractivity contribution in [1.82, 2.24) is 19.9 Å². The van der Waals surface area contributed by atoms with Crippen LogP contribution in [-0.4, -0.2) is 70.9 Å². The smallest absolute Gasteiger partial charge is 0.410 e. The first kappa shape index (κ1) is 19.8. The number of anilines is 1. The van der Waals surface area contributed by atoms with Gasteiger partial charge < -0.3 is 24.0 Å². The highest BCUT2D eigenvalue weighted by atomic mass is 16.6. The Morgan fingerprint density at radius 2 is 1.97 bits per heavy atom. The van der Waals surface area contributed by atoms with Gasteiger partial charge in [-0.3, -0.25) is 4.98 Å². The maximum Gasteiger partial charge on any atom is 0.410 e. The second-order valence-corrected chi connectivity index (χ2v) is 7.44. The summed E-state index contributed by atoms with van der Waals surface area (Å²) in [5.74, 6) is 1.09. The maximum absolute atomic E-state index is 12.3. The number of nitriles is 1. The zero-order valence-electron chi connectivity index (χ0n) is 16.7. The first-order valence-corrected chi connectivity index (χ1v) is 9.65. The molecule has 156 valence electrons. The van der Waals surface area contributed by atoms with E-state index in [-0.39, 0.29) is 12.7 Å². The Balaban J connectivity index is 1.27. The lowest BCUT2D eigenvalue weighted by atomic mass is 10.1. The van der Waals surface area contributed by atoms with Crippen LogP contribution in [0.4, 0.5) is 10.7 Å². The molecule has 10 nitrogen and oxygen atoms in total. The fourth-order valence-electron chi connectivity index (χ4n) is 3.17. The average molecular weight is 410 g/mol. The van der Waals surface area contributed by atoms with E-state index in [0.29, 0.717) is 56.7 Å². The quantitative estimate of drug-likeness (QED) is 0.721. The standard InChI is InChI=1S/C20H22N6O4/c1-20(13-28-14-20)30-19(27)26-6-4-25(5-7-26)18-23-10-17(11-24-18)29-12-15-2-3-22-9-16(15)8-21/h2-3,9-11H,4-7,12-14H2,1H3. The summed E-state index contributed by atoms with van der Waals surface area (Å²) in [7, 11) is 0. The minimum Gasteiger partial charge on any atom is -0.486 e. The molecule has 0 bridgehead atoms.